The van der Waals surface area contributed by atoms with Gasteiger partial charge in [-0.2, -0.15) is 0 Å². The molecule has 0 aromatic heterocycles. The molecule has 1 saturated carbocycles. The SMILES string of the molecule is C/C=C1/CCC(CCCC)C1. The molecule has 0 radical (unpaired) electrons. The van der Waals surface area contributed by atoms with Gasteiger partial charge in [-0.3, -0.25) is 0 Å². The number of hydrogen-bond acceptors (Lipinski definition) is 0. The van der Waals surface area contributed by atoms with Crippen LogP contribution in [0, 0.1) is 5.92 Å². The topological polar surface area (TPSA) is 0 Å². The Kier molecular flexibility index (Phi) is 3.68. The largest absolute Gasteiger partial charge is 0.0884 e. The molecule has 0 aliphatic heterocycles. The first-order valence-corrected chi connectivity index (χ1v) is 5.00. The molecule has 64 valence electrons. The van der Waals surface area contributed by atoms with Crippen LogP contribution in [0.2, 0.25) is 0 Å². The van der Waals surface area contributed by atoms with E-state index < -0.39 is 0 Å². The fourth-order valence-electron chi connectivity index (χ4n) is 1.97. The van der Waals surface area contributed by atoms with E-state index in [2.05, 4.69) is 19.9 Å². The zero-order valence-corrected chi connectivity index (χ0v) is 7.90. The summed E-state index contributed by atoms with van der Waals surface area (Å²) in [5, 5.41) is 0. The fourth-order valence-corrected chi connectivity index (χ4v) is 1.97. The highest BCUT2D eigenvalue weighted by atomic mass is 14.2. The standard InChI is InChI=1S/C11H20/c1-3-5-6-11-8-7-10(4-2)9-11/h4,11H,3,5-9H2,1-2H3/b10-4-. The second-order valence-corrected chi connectivity index (χ2v) is 3.70. The van der Waals surface area contributed by atoms with Crippen LogP contribution in [0.4, 0.5) is 0 Å². The Morgan fingerprint density at radius 3 is 2.91 bits per heavy atom. The van der Waals surface area contributed by atoms with E-state index in [-0.39, 0.29) is 0 Å². The molecule has 0 spiro atoms. The summed E-state index contributed by atoms with van der Waals surface area (Å²) in [5.41, 5.74) is 1.70. The Balaban J connectivity index is 2.19. The maximum absolute atomic E-state index is 2.31. The average molecular weight is 152 g/mol. The van der Waals surface area contributed by atoms with Crippen molar-refractivity contribution < 1.29 is 0 Å². The van der Waals surface area contributed by atoms with Gasteiger partial charge in [0.25, 0.3) is 0 Å². The Morgan fingerprint density at radius 1 is 1.55 bits per heavy atom. The van der Waals surface area contributed by atoms with Crippen molar-refractivity contribution >= 4 is 0 Å². The summed E-state index contributed by atoms with van der Waals surface area (Å²) in [5.74, 6) is 1.03. The van der Waals surface area contributed by atoms with Crippen LogP contribution in [-0.4, -0.2) is 0 Å². The lowest BCUT2D eigenvalue weighted by Crippen LogP contribution is -1.91. The van der Waals surface area contributed by atoms with Crippen LogP contribution in [0.15, 0.2) is 11.6 Å². The predicted octanol–water partition coefficient (Wildman–Crippen LogP) is 3.92. The fraction of sp³-hybridized carbons (Fsp3) is 0.818. The average Bonchev–Trinajstić information content (AvgIpc) is 2.48. The van der Waals surface area contributed by atoms with Crippen molar-refractivity contribution in [2.24, 2.45) is 5.92 Å². The highest BCUT2D eigenvalue weighted by molar-refractivity contribution is 5.06. The molecule has 1 rings (SSSR count). The molecule has 0 bridgehead atoms. The minimum atomic E-state index is 1.03. The van der Waals surface area contributed by atoms with Crippen LogP contribution in [0.25, 0.3) is 0 Å². The zero-order chi connectivity index (χ0) is 8.10. The van der Waals surface area contributed by atoms with E-state index in [0.29, 0.717) is 0 Å². The van der Waals surface area contributed by atoms with E-state index in [4.69, 9.17) is 0 Å². The van der Waals surface area contributed by atoms with Crippen molar-refractivity contribution in [3.05, 3.63) is 11.6 Å². The molecule has 0 amide bonds. The van der Waals surface area contributed by atoms with Gasteiger partial charge < -0.3 is 0 Å². The molecule has 0 heterocycles. The number of rotatable bonds is 3. The molecular formula is C11H20. The molecule has 1 fully saturated rings. The maximum atomic E-state index is 2.31. The van der Waals surface area contributed by atoms with Crippen LogP contribution < -0.4 is 0 Å². The van der Waals surface area contributed by atoms with Gasteiger partial charge in [-0.15, -0.1) is 0 Å². The van der Waals surface area contributed by atoms with Crippen LogP contribution in [0.3, 0.4) is 0 Å². The van der Waals surface area contributed by atoms with E-state index in [0.717, 1.165) is 5.92 Å². The van der Waals surface area contributed by atoms with E-state index in [9.17, 15) is 0 Å². The molecule has 0 aromatic rings. The number of unbranched alkanes of at least 4 members (excludes halogenated alkanes) is 1. The third-order valence-electron chi connectivity index (χ3n) is 2.80. The van der Waals surface area contributed by atoms with E-state index in [1.165, 1.54) is 38.5 Å². The third-order valence-corrected chi connectivity index (χ3v) is 2.80. The lowest BCUT2D eigenvalue weighted by molar-refractivity contribution is 0.486. The van der Waals surface area contributed by atoms with Gasteiger partial charge in [-0.25, -0.2) is 0 Å². The molecule has 1 aliphatic rings. The lowest BCUT2D eigenvalue weighted by Gasteiger charge is -2.05. The first kappa shape index (κ1) is 8.83. The van der Waals surface area contributed by atoms with Crippen molar-refractivity contribution in [3.63, 3.8) is 0 Å². The van der Waals surface area contributed by atoms with Gasteiger partial charge in [0, 0.05) is 0 Å². The number of hydrogen-bond donors (Lipinski definition) is 0. The lowest BCUT2D eigenvalue weighted by atomic mass is 10.0. The van der Waals surface area contributed by atoms with Crippen LogP contribution in [0.1, 0.15) is 52.4 Å². The monoisotopic (exact) mass is 152 g/mol. The Hall–Kier alpha value is -0.260. The quantitative estimate of drug-likeness (QED) is 0.538. The summed E-state index contributed by atoms with van der Waals surface area (Å²) in [6, 6.07) is 0. The van der Waals surface area contributed by atoms with Gasteiger partial charge in [0.1, 0.15) is 0 Å². The second-order valence-electron chi connectivity index (χ2n) is 3.70. The van der Waals surface area contributed by atoms with Crippen molar-refractivity contribution in [3.8, 4) is 0 Å². The minimum Gasteiger partial charge on any atom is -0.0884 e. The molecule has 0 heteroatoms. The zero-order valence-electron chi connectivity index (χ0n) is 7.90. The molecule has 1 atom stereocenters. The van der Waals surface area contributed by atoms with E-state index in [1.807, 2.05) is 0 Å². The summed E-state index contributed by atoms with van der Waals surface area (Å²) < 4.78 is 0. The molecule has 0 nitrogen and oxygen atoms in total. The Morgan fingerprint density at radius 2 is 2.36 bits per heavy atom. The van der Waals surface area contributed by atoms with Crippen LogP contribution in [0.5, 0.6) is 0 Å². The Labute approximate surface area is 70.7 Å². The van der Waals surface area contributed by atoms with Crippen molar-refractivity contribution in [1.29, 1.82) is 0 Å². The predicted molar refractivity (Wildman–Crippen MR) is 50.6 cm³/mol. The summed E-state index contributed by atoms with van der Waals surface area (Å²) in [6.07, 6.45) is 10.8. The molecular weight excluding hydrogens is 132 g/mol. The van der Waals surface area contributed by atoms with E-state index >= 15 is 0 Å². The van der Waals surface area contributed by atoms with Gasteiger partial charge in [-0.1, -0.05) is 37.8 Å². The molecule has 0 N–H and O–H groups in total. The van der Waals surface area contributed by atoms with Crippen molar-refractivity contribution in [2.75, 3.05) is 0 Å². The summed E-state index contributed by atoms with van der Waals surface area (Å²) in [4.78, 5) is 0. The normalized spacial score (nSPS) is 28.2. The molecule has 1 aliphatic carbocycles. The highest BCUT2D eigenvalue weighted by Crippen LogP contribution is 2.33. The summed E-state index contributed by atoms with van der Waals surface area (Å²) in [6.45, 7) is 4.46. The smallest absolute Gasteiger partial charge is 0.0292 e. The van der Waals surface area contributed by atoms with Gasteiger partial charge in [-0.05, 0) is 32.1 Å². The first-order valence-electron chi connectivity index (χ1n) is 5.00. The van der Waals surface area contributed by atoms with Gasteiger partial charge in [0.15, 0.2) is 0 Å². The van der Waals surface area contributed by atoms with Gasteiger partial charge in [0.05, 0.1) is 0 Å². The molecule has 0 saturated heterocycles. The number of allylic oxidation sites excluding steroid dienone is 2. The minimum absolute atomic E-state index is 1.03. The summed E-state index contributed by atoms with van der Waals surface area (Å²) >= 11 is 0. The van der Waals surface area contributed by atoms with Gasteiger partial charge in [0.2, 0.25) is 0 Å². The highest BCUT2D eigenvalue weighted by Gasteiger charge is 2.17. The summed E-state index contributed by atoms with van der Waals surface area (Å²) in [7, 11) is 0. The molecule has 0 aromatic carbocycles. The van der Waals surface area contributed by atoms with Crippen molar-refractivity contribution in [1.82, 2.24) is 0 Å². The van der Waals surface area contributed by atoms with E-state index in [1.54, 1.807) is 5.57 Å². The Bertz CT molecular complexity index is 133. The second kappa shape index (κ2) is 4.58. The first-order chi connectivity index (χ1) is 5.36. The third kappa shape index (κ3) is 2.69. The van der Waals surface area contributed by atoms with Crippen LogP contribution in [-0.2, 0) is 0 Å². The maximum Gasteiger partial charge on any atom is -0.0292 e. The molecule has 11 heavy (non-hydrogen) atoms. The van der Waals surface area contributed by atoms with Crippen LogP contribution >= 0.6 is 0 Å². The molecule has 1 unspecified atom stereocenters. The van der Waals surface area contributed by atoms with Gasteiger partial charge >= 0.3 is 0 Å². The van der Waals surface area contributed by atoms with Crippen molar-refractivity contribution in [2.45, 2.75) is 52.4 Å².